The monoisotopic (exact) mass is 112 g/mol. The molecule has 1 rings (SSSR count). The van der Waals surface area contributed by atoms with E-state index in [0.29, 0.717) is 0 Å². The summed E-state index contributed by atoms with van der Waals surface area (Å²) in [5.74, 6) is 0. The van der Waals surface area contributed by atoms with E-state index in [9.17, 15) is 0 Å². The van der Waals surface area contributed by atoms with Crippen molar-refractivity contribution in [1.29, 1.82) is 0 Å². The molecule has 0 atom stereocenters. The van der Waals surface area contributed by atoms with Crippen molar-refractivity contribution >= 4 is 12.6 Å². The average Bonchev–Trinajstić information content (AvgIpc) is 1.65. The molecule has 1 heterocycles. The van der Waals surface area contributed by atoms with E-state index in [4.69, 9.17) is 0 Å². The van der Waals surface area contributed by atoms with Gasteiger partial charge in [0.15, 0.2) is 0 Å². The topological polar surface area (TPSA) is 34.0 Å². The number of nitrogens with zero attached hydrogens (tertiary/aromatic N) is 2. The van der Waals surface area contributed by atoms with Crippen molar-refractivity contribution in [3.05, 3.63) is 0 Å². The van der Waals surface area contributed by atoms with Crippen LogP contribution < -0.4 is 0 Å². The van der Waals surface area contributed by atoms with E-state index in [1.165, 1.54) is 6.40 Å². The fourth-order valence-electron chi connectivity index (χ4n) is 0.379. The third-order valence-corrected chi connectivity index (χ3v) is 0.862. The highest BCUT2D eigenvalue weighted by Gasteiger charge is 2.13. The molecule has 0 spiro atoms. The number of hydrogen-bond donors (Lipinski definition) is 0. The number of aliphatic imine (C=N–C) groups is 1. The molecular formula is C5H8N2O. The van der Waals surface area contributed by atoms with Gasteiger partial charge in [-0.2, -0.15) is 0 Å². The van der Waals surface area contributed by atoms with Gasteiger partial charge in [0.25, 0.3) is 0 Å². The predicted octanol–water partition coefficient (Wildman–Crippen LogP) is 0.809. The summed E-state index contributed by atoms with van der Waals surface area (Å²) in [6, 6.07) is 0. The lowest BCUT2D eigenvalue weighted by atomic mass is 10.1. The highest BCUT2D eigenvalue weighted by Crippen LogP contribution is 2.06. The van der Waals surface area contributed by atoms with E-state index < -0.39 is 0 Å². The standard InChI is InChI=1S/C5H8N2O/c1-5(2)3-7-8-4-6-5/h3-4H,1-2H3. The lowest BCUT2D eigenvalue weighted by Crippen LogP contribution is -2.21. The lowest BCUT2D eigenvalue weighted by Gasteiger charge is -2.13. The number of hydrogen-bond acceptors (Lipinski definition) is 3. The smallest absolute Gasteiger partial charge is 0.208 e. The van der Waals surface area contributed by atoms with Gasteiger partial charge in [-0.05, 0) is 13.8 Å². The van der Waals surface area contributed by atoms with E-state index in [1.807, 2.05) is 13.8 Å². The predicted molar refractivity (Wildman–Crippen MR) is 32.1 cm³/mol. The third-order valence-electron chi connectivity index (χ3n) is 0.862. The van der Waals surface area contributed by atoms with Gasteiger partial charge in [-0.15, -0.1) is 0 Å². The second-order valence-electron chi connectivity index (χ2n) is 2.23. The number of oxime groups is 1. The molecule has 0 aliphatic carbocycles. The first-order valence-corrected chi connectivity index (χ1v) is 2.45. The van der Waals surface area contributed by atoms with Crippen LogP contribution in [0.15, 0.2) is 10.1 Å². The quantitative estimate of drug-likeness (QED) is 0.456. The zero-order valence-electron chi connectivity index (χ0n) is 4.96. The molecule has 0 aromatic rings. The molecule has 0 N–H and O–H groups in total. The third kappa shape index (κ3) is 1.05. The molecule has 8 heavy (non-hydrogen) atoms. The molecule has 44 valence electrons. The molecule has 3 nitrogen and oxygen atoms in total. The van der Waals surface area contributed by atoms with Crippen LogP contribution in [0.4, 0.5) is 0 Å². The Balaban J connectivity index is 2.69. The molecule has 1 aliphatic heterocycles. The zero-order chi connectivity index (χ0) is 6.04. The van der Waals surface area contributed by atoms with Crippen molar-refractivity contribution in [2.24, 2.45) is 10.1 Å². The molecule has 1 aliphatic rings. The molecule has 0 radical (unpaired) electrons. The minimum Gasteiger partial charge on any atom is -0.345 e. The van der Waals surface area contributed by atoms with E-state index in [0.717, 1.165) is 0 Å². The summed E-state index contributed by atoms with van der Waals surface area (Å²) in [6.45, 7) is 3.91. The summed E-state index contributed by atoms with van der Waals surface area (Å²) in [6.07, 6.45) is 3.01. The molecule has 0 unspecified atom stereocenters. The number of rotatable bonds is 0. The second-order valence-corrected chi connectivity index (χ2v) is 2.23. The van der Waals surface area contributed by atoms with Crippen LogP contribution in [0.3, 0.4) is 0 Å². The Hall–Kier alpha value is -0.860. The summed E-state index contributed by atoms with van der Waals surface area (Å²) < 4.78 is 0. The van der Waals surface area contributed by atoms with Crippen molar-refractivity contribution in [3.8, 4) is 0 Å². The van der Waals surface area contributed by atoms with Gasteiger partial charge in [0.1, 0.15) is 0 Å². The Kier molecular flexibility index (Phi) is 1.04. The first-order chi connectivity index (χ1) is 3.71. The minimum atomic E-state index is -0.168. The van der Waals surface area contributed by atoms with Gasteiger partial charge in [0, 0.05) is 0 Å². The van der Waals surface area contributed by atoms with E-state index in [-0.39, 0.29) is 5.54 Å². The molecule has 0 amide bonds. The van der Waals surface area contributed by atoms with Crippen LogP contribution in [0.25, 0.3) is 0 Å². The first-order valence-electron chi connectivity index (χ1n) is 2.45. The van der Waals surface area contributed by atoms with Crippen LogP contribution in [0.2, 0.25) is 0 Å². The van der Waals surface area contributed by atoms with Crippen LogP contribution >= 0.6 is 0 Å². The molecule has 0 aromatic carbocycles. The van der Waals surface area contributed by atoms with Gasteiger partial charge < -0.3 is 4.84 Å². The van der Waals surface area contributed by atoms with Gasteiger partial charge >= 0.3 is 0 Å². The molecule has 0 aromatic heterocycles. The van der Waals surface area contributed by atoms with Crippen molar-refractivity contribution in [2.75, 3.05) is 0 Å². The highest BCUT2D eigenvalue weighted by molar-refractivity contribution is 5.73. The van der Waals surface area contributed by atoms with Crippen LogP contribution in [0.1, 0.15) is 13.8 Å². The Labute approximate surface area is 48.1 Å². The van der Waals surface area contributed by atoms with E-state index in [1.54, 1.807) is 6.21 Å². The normalized spacial score (nSPS) is 22.8. The summed E-state index contributed by atoms with van der Waals surface area (Å²) in [4.78, 5) is 8.45. The van der Waals surface area contributed by atoms with Gasteiger partial charge in [0.2, 0.25) is 6.40 Å². The fraction of sp³-hybridized carbons (Fsp3) is 0.600. The van der Waals surface area contributed by atoms with Crippen molar-refractivity contribution < 1.29 is 4.84 Å². The fourth-order valence-corrected chi connectivity index (χ4v) is 0.379. The van der Waals surface area contributed by atoms with Gasteiger partial charge in [-0.25, -0.2) is 4.99 Å². The van der Waals surface area contributed by atoms with Crippen LogP contribution in [0.5, 0.6) is 0 Å². The van der Waals surface area contributed by atoms with Crippen molar-refractivity contribution in [3.63, 3.8) is 0 Å². The molecule has 0 fully saturated rings. The van der Waals surface area contributed by atoms with Crippen LogP contribution in [0, 0.1) is 0 Å². The molecule has 0 saturated carbocycles. The molecule has 0 saturated heterocycles. The van der Waals surface area contributed by atoms with Crippen molar-refractivity contribution in [1.82, 2.24) is 0 Å². The summed E-state index contributed by atoms with van der Waals surface area (Å²) in [5, 5.41) is 3.56. The maximum atomic E-state index is 4.48. The van der Waals surface area contributed by atoms with Gasteiger partial charge in [-0.1, -0.05) is 5.16 Å². The summed E-state index contributed by atoms with van der Waals surface area (Å²) in [5.41, 5.74) is -0.168. The summed E-state index contributed by atoms with van der Waals surface area (Å²) >= 11 is 0. The minimum absolute atomic E-state index is 0.168. The molecular weight excluding hydrogens is 104 g/mol. The first kappa shape index (κ1) is 5.28. The van der Waals surface area contributed by atoms with Crippen LogP contribution in [-0.4, -0.2) is 18.2 Å². The van der Waals surface area contributed by atoms with Gasteiger partial charge in [-0.3, -0.25) is 0 Å². The maximum absolute atomic E-state index is 4.48. The maximum Gasteiger partial charge on any atom is 0.208 e. The summed E-state index contributed by atoms with van der Waals surface area (Å²) in [7, 11) is 0. The molecule has 0 bridgehead atoms. The largest absolute Gasteiger partial charge is 0.345 e. The lowest BCUT2D eigenvalue weighted by molar-refractivity contribution is 0.328. The van der Waals surface area contributed by atoms with Crippen LogP contribution in [-0.2, 0) is 4.84 Å². The van der Waals surface area contributed by atoms with E-state index in [2.05, 4.69) is 15.0 Å². The average molecular weight is 112 g/mol. The Morgan fingerprint density at radius 1 is 1.50 bits per heavy atom. The Morgan fingerprint density at radius 2 is 2.25 bits per heavy atom. The Bertz CT molecular complexity index is 123. The van der Waals surface area contributed by atoms with Gasteiger partial charge in [0.05, 0.1) is 11.8 Å². The Morgan fingerprint density at radius 3 is 2.50 bits per heavy atom. The zero-order valence-corrected chi connectivity index (χ0v) is 4.96. The molecule has 3 heteroatoms. The second kappa shape index (κ2) is 1.58. The highest BCUT2D eigenvalue weighted by atomic mass is 16.6. The van der Waals surface area contributed by atoms with E-state index >= 15 is 0 Å². The van der Waals surface area contributed by atoms with Crippen molar-refractivity contribution in [2.45, 2.75) is 19.4 Å². The SMILES string of the molecule is CC1(C)C=NOC=N1.